The first-order valence-corrected chi connectivity index (χ1v) is 7.60. The highest BCUT2D eigenvalue weighted by Gasteiger charge is 2.09. The van der Waals surface area contributed by atoms with Crippen LogP contribution in [-0.4, -0.2) is 16.9 Å². The van der Waals surface area contributed by atoms with Crippen molar-refractivity contribution in [3.05, 3.63) is 40.2 Å². The smallest absolute Gasteiger partial charge is 0.143 e. The zero-order valence-corrected chi connectivity index (χ0v) is 13.8. The Labute approximate surface area is 131 Å². The lowest BCUT2D eigenvalue weighted by molar-refractivity contribution is 0.416. The Kier molecular flexibility index (Phi) is 5.12. The molecule has 0 aliphatic carbocycles. The molecule has 1 heterocycles. The van der Waals surface area contributed by atoms with Crippen LogP contribution in [0.2, 0.25) is 5.02 Å². The van der Waals surface area contributed by atoms with Gasteiger partial charge in [-0.2, -0.15) is 5.10 Å². The molecule has 1 N–H and O–H groups in total. The summed E-state index contributed by atoms with van der Waals surface area (Å²) in [4.78, 5) is 0. The van der Waals surface area contributed by atoms with E-state index < -0.39 is 0 Å². The summed E-state index contributed by atoms with van der Waals surface area (Å²) >= 11 is 6.13. The molecule has 0 aliphatic heterocycles. The second-order valence-electron chi connectivity index (χ2n) is 4.95. The van der Waals surface area contributed by atoms with Gasteiger partial charge in [0.15, 0.2) is 0 Å². The number of rotatable bonds is 6. The van der Waals surface area contributed by atoms with Crippen molar-refractivity contribution < 1.29 is 4.74 Å². The molecule has 0 bridgehead atoms. The topological polar surface area (TPSA) is 39.1 Å². The van der Waals surface area contributed by atoms with Crippen molar-refractivity contribution in [3.63, 3.8) is 0 Å². The number of ether oxygens (including phenoxy) is 1. The Morgan fingerprint density at radius 1 is 1.29 bits per heavy atom. The summed E-state index contributed by atoms with van der Waals surface area (Å²) in [7, 11) is 1.65. The molecule has 0 amide bonds. The van der Waals surface area contributed by atoms with Crippen LogP contribution in [-0.2, 0) is 19.5 Å². The zero-order chi connectivity index (χ0) is 15.4. The normalized spacial score (nSPS) is 10.7. The highest BCUT2D eigenvalue weighted by Crippen LogP contribution is 2.31. The van der Waals surface area contributed by atoms with Crippen LogP contribution in [0.3, 0.4) is 0 Å². The molecule has 2 rings (SSSR count). The van der Waals surface area contributed by atoms with Gasteiger partial charge < -0.3 is 10.1 Å². The molecule has 5 heteroatoms. The van der Waals surface area contributed by atoms with Crippen LogP contribution in [0.5, 0.6) is 5.75 Å². The van der Waals surface area contributed by atoms with Crippen molar-refractivity contribution in [1.29, 1.82) is 0 Å². The van der Waals surface area contributed by atoms with Crippen LogP contribution >= 0.6 is 11.6 Å². The van der Waals surface area contributed by atoms with Crippen LogP contribution in [0.25, 0.3) is 0 Å². The lowest BCUT2D eigenvalue weighted by atomic mass is 10.2. The lowest BCUT2D eigenvalue weighted by Crippen LogP contribution is -2.08. The number of anilines is 1. The number of methoxy groups -OCH3 is 1. The van der Waals surface area contributed by atoms with E-state index in [0.717, 1.165) is 35.7 Å². The van der Waals surface area contributed by atoms with Gasteiger partial charge in [-0.15, -0.1) is 0 Å². The van der Waals surface area contributed by atoms with Crippen molar-refractivity contribution >= 4 is 17.3 Å². The van der Waals surface area contributed by atoms with Crippen molar-refractivity contribution in [2.24, 2.45) is 0 Å². The number of halogens is 1. The molecule has 21 heavy (non-hydrogen) atoms. The van der Waals surface area contributed by atoms with E-state index in [9.17, 15) is 0 Å². The third kappa shape index (κ3) is 3.50. The van der Waals surface area contributed by atoms with Crippen LogP contribution in [0.1, 0.15) is 30.8 Å². The van der Waals surface area contributed by atoms with E-state index in [1.165, 1.54) is 5.69 Å². The summed E-state index contributed by atoms with van der Waals surface area (Å²) in [6, 6.07) is 5.99. The van der Waals surface area contributed by atoms with E-state index in [1.54, 1.807) is 7.11 Å². The van der Waals surface area contributed by atoms with Gasteiger partial charge in [-0.05, 0) is 38.0 Å². The molecule has 1 aromatic carbocycles. The molecular formula is C16H22ClN3O. The lowest BCUT2D eigenvalue weighted by Gasteiger charge is -2.13. The predicted octanol–water partition coefficient (Wildman–Crippen LogP) is 4.05. The zero-order valence-electron chi connectivity index (χ0n) is 13.0. The fourth-order valence-corrected chi connectivity index (χ4v) is 2.41. The van der Waals surface area contributed by atoms with Crippen molar-refractivity contribution in [3.8, 4) is 5.75 Å². The average Bonchev–Trinajstić information content (AvgIpc) is 2.90. The molecule has 4 nitrogen and oxygen atoms in total. The maximum atomic E-state index is 6.13. The standard InChI is InChI=1S/C16H22ClN3O/c1-5-12-8-13(20(6-2)19-12)10-18-15-7-11(3)14(17)9-16(15)21-4/h7-9,18H,5-6,10H2,1-4H3. The largest absolute Gasteiger partial charge is 0.495 e. The highest BCUT2D eigenvalue weighted by atomic mass is 35.5. The molecule has 0 saturated heterocycles. The third-order valence-corrected chi connectivity index (χ3v) is 3.92. The van der Waals surface area contributed by atoms with Crippen molar-refractivity contribution in [2.75, 3.05) is 12.4 Å². The monoisotopic (exact) mass is 307 g/mol. The summed E-state index contributed by atoms with van der Waals surface area (Å²) in [5.74, 6) is 0.754. The van der Waals surface area contributed by atoms with Gasteiger partial charge in [-0.1, -0.05) is 18.5 Å². The number of nitrogens with zero attached hydrogens (tertiary/aromatic N) is 2. The molecule has 0 atom stereocenters. The molecule has 0 spiro atoms. The van der Waals surface area contributed by atoms with Crippen LogP contribution < -0.4 is 10.1 Å². The second kappa shape index (κ2) is 6.85. The quantitative estimate of drug-likeness (QED) is 0.875. The molecule has 0 fully saturated rings. The van der Waals surface area contributed by atoms with Gasteiger partial charge in [-0.3, -0.25) is 4.68 Å². The molecule has 114 valence electrons. The van der Waals surface area contributed by atoms with Gasteiger partial charge in [0.2, 0.25) is 0 Å². The number of nitrogens with one attached hydrogen (secondary N) is 1. The molecule has 1 aromatic heterocycles. The van der Waals surface area contributed by atoms with Crippen LogP contribution in [0, 0.1) is 6.92 Å². The van der Waals surface area contributed by atoms with Gasteiger partial charge in [0.25, 0.3) is 0 Å². The predicted molar refractivity (Wildman–Crippen MR) is 87.3 cm³/mol. The first kappa shape index (κ1) is 15.7. The minimum Gasteiger partial charge on any atom is -0.495 e. The average molecular weight is 308 g/mol. The van der Waals surface area contributed by atoms with Gasteiger partial charge in [0.05, 0.1) is 30.7 Å². The second-order valence-corrected chi connectivity index (χ2v) is 5.36. The third-order valence-electron chi connectivity index (χ3n) is 3.52. The molecule has 0 radical (unpaired) electrons. The fourth-order valence-electron chi connectivity index (χ4n) is 2.26. The molecule has 0 saturated carbocycles. The van der Waals surface area contributed by atoms with Crippen LogP contribution in [0.15, 0.2) is 18.2 Å². The highest BCUT2D eigenvalue weighted by molar-refractivity contribution is 6.31. The fraction of sp³-hybridized carbons (Fsp3) is 0.438. The first-order valence-electron chi connectivity index (χ1n) is 7.22. The molecule has 2 aromatic rings. The SMILES string of the molecule is CCc1cc(CNc2cc(C)c(Cl)cc2OC)n(CC)n1. The Balaban J connectivity index is 2.20. The maximum Gasteiger partial charge on any atom is 0.143 e. The maximum absolute atomic E-state index is 6.13. The first-order chi connectivity index (χ1) is 10.1. The number of aryl methyl sites for hydroxylation is 3. The number of benzene rings is 1. The minimum absolute atomic E-state index is 0.707. The van der Waals surface area contributed by atoms with E-state index >= 15 is 0 Å². The number of hydrogen-bond acceptors (Lipinski definition) is 3. The molecule has 0 aliphatic rings. The summed E-state index contributed by atoms with van der Waals surface area (Å²) in [6.07, 6.45) is 0.948. The van der Waals surface area contributed by atoms with E-state index in [1.807, 2.05) is 23.7 Å². The Morgan fingerprint density at radius 3 is 2.67 bits per heavy atom. The minimum atomic E-state index is 0.707. The number of hydrogen-bond donors (Lipinski definition) is 1. The Hall–Kier alpha value is -1.68. The van der Waals surface area contributed by atoms with Crippen LogP contribution in [0.4, 0.5) is 5.69 Å². The molecular weight excluding hydrogens is 286 g/mol. The van der Waals surface area contributed by atoms with Gasteiger partial charge >= 0.3 is 0 Å². The van der Waals surface area contributed by atoms with Crippen molar-refractivity contribution in [1.82, 2.24) is 9.78 Å². The van der Waals surface area contributed by atoms with E-state index in [0.29, 0.717) is 11.6 Å². The number of aromatic nitrogens is 2. The van der Waals surface area contributed by atoms with Crippen molar-refractivity contribution in [2.45, 2.75) is 40.3 Å². The van der Waals surface area contributed by atoms with Gasteiger partial charge in [0.1, 0.15) is 5.75 Å². The van der Waals surface area contributed by atoms with Gasteiger partial charge in [-0.25, -0.2) is 0 Å². The van der Waals surface area contributed by atoms with Gasteiger partial charge in [0, 0.05) is 17.6 Å². The summed E-state index contributed by atoms with van der Waals surface area (Å²) in [6.45, 7) is 7.78. The summed E-state index contributed by atoms with van der Waals surface area (Å²) in [5, 5.41) is 8.69. The van der Waals surface area contributed by atoms with E-state index in [-0.39, 0.29) is 0 Å². The molecule has 0 unspecified atom stereocenters. The summed E-state index contributed by atoms with van der Waals surface area (Å²) in [5.41, 5.74) is 4.26. The summed E-state index contributed by atoms with van der Waals surface area (Å²) < 4.78 is 7.41. The van der Waals surface area contributed by atoms with E-state index in [2.05, 4.69) is 30.3 Å². The Morgan fingerprint density at radius 2 is 2.05 bits per heavy atom. The Bertz CT molecular complexity index is 622. The van der Waals surface area contributed by atoms with E-state index in [4.69, 9.17) is 16.3 Å².